The SMILES string of the molecule is CC(C)(C)NC(=O)CN1CCN(C(=O)CN2CCCCC2C(=O)O)CC1. The Morgan fingerprint density at radius 3 is 2.23 bits per heavy atom. The highest BCUT2D eigenvalue weighted by molar-refractivity contribution is 5.80. The van der Waals surface area contributed by atoms with E-state index < -0.39 is 12.0 Å². The molecule has 2 saturated heterocycles. The average molecular weight is 368 g/mol. The van der Waals surface area contributed by atoms with E-state index in [9.17, 15) is 19.5 Å². The molecule has 26 heavy (non-hydrogen) atoms. The number of amides is 2. The monoisotopic (exact) mass is 368 g/mol. The lowest BCUT2D eigenvalue weighted by molar-refractivity contribution is -0.146. The Labute approximate surface area is 155 Å². The Hall–Kier alpha value is -1.67. The van der Waals surface area contributed by atoms with Gasteiger partial charge in [0.05, 0.1) is 13.1 Å². The lowest BCUT2D eigenvalue weighted by atomic mass is 10.0. The molecule has 2 rings (SSSR count). The second-order valence-electron chi connectivity index (χ2n) is 8.28. The van der Waals surface area contributed by atoms with Crippen LogP contribution in [0.4, 0.5) is 0 Å². The number of carbonyl (C=O) groups excluding carboxylic acids is 2. The number of carboxylic acids is 1. The molecule has 2 heterocycles. The zero-order valence-corrected chi connectivity index (χ0v) is 16.2. The van der Waals surface area contributed by atoms with E-state index in [1.165, 1.54) is 0 Å². The standard InChI is InChI=1S/C18H32N4O4/c1-18(2,3)19-15(23)12-20-8-10-21(11-9-20)16(24)13-22-7-5-4-6-14(22)17(25)26/h14H,4-13H2,1-3H3,(H,19,23)(H,25,26). The van der Waals surface area contributed by atoms with Crippen LogP contribution < -0.4 is 5.32 Å². The first-order valence-corrected chi connectivity index (χ1v) is 9.44. The number of carboxylic acid groups (broad SMARTS) is 1. The van der Waals surface area contributed by atoms with Gasteiger partial charge in [0.1, 0.15) is 6.04 Å². The Morgan fingerprint density at radius 2 is 1.65 bits per heavy atom. The maximum absolute atomic E-state index is 12.5. The summed E-state index contributed by atoms with van der Waals surface area (Å²) < 4.78 is 0. The fourth-order valence-electron chi connectivity index (χ4n) is 3.55. The number of nitrogens with zero attached hydrogens (tertiary/aromatic N) is 3. The number of piperidine rings is 1. The molecule has 0 aromatic heterocycles. The van der Waals surface area contributed by atoms with Crippen molar-refractivity contribution >= 4 is 17.8 Å². The average Bonchev–Trinajstić information content (AvgIpc) is 2.54. The molecule has 2 N–H and O–H groups in total. The molecule has 2 aliphatic heterocycles. The number of likely N-dealkylation sites (tertiary alicyclic amines) is 1. The van der Waals surface area contributed by atoms with Crippen LogP contribution in [0.5, 0.6) is 0 Å². The van der Waals surface area contributed by atoms with Crippen molar-refractivity contribution in [1.82, 2.24) is 20.0 Å². The summed E-state index contributed by atoms with van der Waals surface area (Å²) in [6, 6.07) is -0.546. The van der Waals surface area contributed by atoms with E-state index in [4.69, 9.17) is 0 Å². The van der Waals surface area contributed by atoms with Crippen LogP contribution in [-0.2, 0) is 14.4 Å². The molecular formula is C18H32N4O4. The summed E-state index contributed by atoms with van der Waals surface area (Å²) in [5.41, 5.74) is -0.246. The fraction of sp³-hybridized carbons (Fsp3) is 0.833. The molecule has 0 saturated carbocycles. The minimum Gasteiger partial charge on any atom is -0.480 e. The fourth-order valence-corrected chi connectivity index (χ4v) is 3.55. The van der Waals surface area contributed by atoms with E-state index in [1.807, 2.05) is 25.7 Å². The molecule has 0 radical (unpaired) electrons. The van der Waals surface area contributed by atoms with Gasteiger partial charge in [0.2, 0.25) is 11.8 Å². The summed E-state index contributed by atoms with van der Waals surface area (Å²) in [7, 11) is 0. The summed E-state index contributed by atoms with van der Waals surface area (Å²) in [6.07, 6.45) is 2.45. The van der Waals surface area contributed by atoms with Gasteiger partial charge in [-0.2, -0.15) is 0 Å². The third-order valence-corrected chi connectivity index (χ3v) is 4.84. The second-order valence-corrected chi connectivity index (χ2v) is 8.28. The number of hydrogen-bond acceptors (Lipinski definition) is 5. The van der Waals surface area contributed by atoms with E-state index in [0.29, 0.717) is 45.7 Å². The molecule has 0 aromatic carbocycles. The molecule has 0 aromatic rings. The van der Waals surface area contributed by atoms with Gasteiger partial charge in [-0.05, 0) is 40.2 Å². The Kier molecular flexibility index (Phi) is 7.00. The Morgan fingerprint density at radius 1 is 1.00 bits per heavy atom. The zero-order chi connectivity index (χ0) is 19.3. The van der Waals surface area contributed by atoms with E-state index in [-0.39, 0.29) is 23.9 Å². The Bertz CT molecular complexity index is 524. The first-order valence-electron chi connectivity index (χ1n) is 9.44. The molecule has 0 bridgehead atoms. The van der Waals surface area contributed by atoms with Gasteiger partial charge in [-0.3, -0.25) is 24.2 Å². The van der Waals surface area contributed by atoms with Crippen molar-refractivity contribution in [2.24, 2.45) is 0 Å². The van der Waals surface area contributed by atoms with Crippen LogP contribution in [0, 0.1) is 0 Å². The molecule has 2 amide bonds. The second kappa shape index (κ2) is 8.81. The zero-order valence-electron chi connectivity index (χ0n) is 16.2. The number of rotatable bonds is 5. The summed E-state index contributed by atoms with van der Waals surface area (Å²) >= 11 is 0. The number of aliphatic carboxylic acids is 1. The van der Waals surface area contributed by atoms with Gasteiger partial charge in [-0.25, -0.2) is 0 Å². The van der Waals surface area contributed by atoms with Gasteiger partial charge in [-0.15, -0.1) is 0 Å². The predicted octanol–water partition coefficient (Wildman–Crippen LogP) is -0.0156. The highest BCUT2D eigenvalue weighted by Gasteiger charge is 2.31. The molecule has 2 aliphatic rings. The topological polar surface area (TPSA) is 93.2 Å². The number of carbonyl (C=O) groups is 3. The predicted molar refractivity (Wildman–Crippen MR) is 97.8 cm³/mol. The first kappa shape index (κ1) is 20.6. The van der Waals surface area contributed by atoms with Crippen LogP contribution in [0.1, 0.15) is 40.0 Å². The van der Waals surface area contributed by atoms with E-state index >= 15 is 0 Å². The van der Waals surface area contributed by atoms with Crippen LogP contribution in [-0.4, -0.2) is 95.0 Å². The molecule has 0 aliphatic carbocycles. The molecule has 0 spiro atoms. The van der Waals surface area contributed by atoms with Crippen LogP contribution in [0.15, 0.2) is 0 Å². The van der Waals surface area contributed by atoms with E-state index in [2.05, 4.69) is 5.32 Å². The van der Waals surface area contributed by atoms with Gasteiger partial charge in [0.15, 0.2) is 0 Å². The van der Waals surface area contributed by atoms with Crippen molar-refractivity contribution < 1.29 is 19.5 Å². The van der Waals surface area contributed by atoms with Gasteiger partial charge in [0.25, 0.3) is 0 Å². The van der Waals surface area contributed by atoms with Crippen molar-refractivity contribution in [1.29, 1.82) is 0 Å². The molecule has 1 unspecified atom stereocenters. The molecule has 8 nitrogen and oxygen atoms in total. The van der Waals surface area contributed by atoms with Crippen molar-refractivity contribution in [2.75, 3.05) is 45.8 Å². The number of hydrogen-bond donors (Lipinski definition) is 2. The molecule has 1 atom stereocenters. The normalized spacial score (nSPS) is 22.9. The van der Waals surface area contributed by atoms with Crippen LogP contribution in [0.2, 0.25) is 0 Å². The maximum atomic E-state index is 12.5. The lowest BCUT2D eigenvalue weighted by Crippen LogP contribution is -2.55. The quantitative estimate of drug-likeness (QED) is 0.709. The number of piperazine rings is 1. The van der Waals surface area contributed by atoms with Crippen molar-refractivity contribution in [3.63, 3.8) is 0 Å². The molecule has 8 heteroatoms. The summed E-state index contributed by atoms with van der Waals surface area (Å²) in [5, 5.41) is 12.3. The van der Waals surface area contributed by atoms with Crippen LogP contribution >= 0.6 is 0 Å². The van der Waals surface area contributed by atoms with E-state index in [0.717, 1.165) is 12.8 Å². The highest BCUT2D eigenvalue weighted by Crippen LogP contribution is 2.17. The van der Waals surface area contributed by atoms with Gasteiger partial charge < -0.3 is 15.3 Å². The largest absolute Gasteiger partial charge is 0.480 e. The van der Waals surface area contributed by atoms with Gasteiger partial charge in [0, 0.05) is 31.7 Å². The highest BCUT2D eigenvalue weighted by atomic mass is 16.4. The third-order valence-electron chi connectivity index (χ3n) is 4.84. The van der Waals surface area contributed by atoms with Gasteiger partial charge in [-0.1, -0.05) is 6.42 Å². The first-order chi connectivity index (χ1) is 12.2. The minimum atomic E-state index is -0.841. The van der Waals surface area contributed by atoms with Crippen molar-refractivity contribution in [3.8, 4) is 0 Å². The third kappa shape index (κ3) is 6.25. The van der Waals surface area contributed by atoms with Crippen molar-refractivity contribution in [3.05, 3.63) is 0 Å². The maximum Gasteiger partial charge on any atom is 0.320 e. The smallest absolute Gasteiger partial charge is 0.320 e. The number of nitrogens with one attached hydrogen (secondary N) is 1. The van der Waals surface area contributed by atoms with Crippen LogP contribution in [0.3, 0.4) is 0 Å². The minimum absolute atomic E-state index is 0.00473. The molecule has 2 fully saturated rings. The lowest BCUT2D eigenvalue weighted by Gasteiger charge is -2.37. The van der Waals surface area contributed by atoms with Crippen molar-refractivity contribution in [2.45, 2.75) is 51.6 Å². The Balaban J connectivity index is 1.77. The van der Waals surface area contributed by atoms with Gasteiger partial charge >= 0.3 is 5.97 Å². The summed E-state index contributed by atoms with van der Waals surface area (Å²) in [4.78, 5) is 41.5. The van der Waals surface area contributed by atoms with Crippen LogP contribution in [0.25, 0.3) is 0 Å². The van der Waals surface area contributed by atoms with E-state index in [1.54, 1.807) is 9.80 Å². The summed E-state index contributed by atoms with van der Waals surface area (Å²) in [6.45, 7) is 9.49. The molecular weight excluding hydrogens is 336 g/mol. The molecule has 148 valence electrons. The summed E-state index contributed by atoms with van der Waals surface area (Å²) in [5.74, 6) is -0.862.